The number of rotatable bonds is 3. The summed E-state index contributed by atoms with van der Waals surface area (Å²) >= 11 is 1.37. The van der Waals surface area contributed by atoms with E-state index in [9.17, 15) is 13.2 Å². The number of hydrogen-bond donors (Lipinski definition) is 0. The van der Waals surface area contributed by atoms with Crippen molar-refractivity contribution in [3.05, 3.63) is 46.8 Å². The van der Waals surface area contributed by atoms with E-state index in [2.05, 4.69) is 4.99 Å². The van der Waals surface area contributed by atoms with E-state index in [1.165, 1.54) is 49.7 Å². The third-order valence-electron chi connectivity index (χ3n) is 4.55. The van der Waals surface area contributed by atoms with Crippen molar-refractivity contribution < 1.29 is 22.7 Å². The van der Waals surface area contributed by atoms with Crippen LogP contribution in [0.15, 0.2) is 46.3 Å². The second-order valence-corrected chi connectivity index (χ2v) is 9.80. The lowest BCUT2D eigenvalue weighted by atomic mass is 10.2. The molecule has 4 rings (SSSR count). The standard InChI is InChI=1S/C19H19N3O5S2/c1-21(2)29(24,25)13-6-4-12(5-7-13)18(23)20-19-22(3)14-10-15-16(11-17(14)28-19)27-9-8-26-15/h4-7,10-11H,8-9H2,1-3H3. The topological polar surface area (TPSA) is 90.2 Å². The van der Waals surface area contributed by atoms with Crippen LogP contribution in [0.1, 0.15) is 10.4 Å². The first-order chi connectivity index (χ1) is 13.8. The Morgan fingerprint density at radius 1 is 1.10 bits per heavy atom. The Morgan fingerprint density at radius 2 is 1.72 bits per heavy atom. The Hall–Kier alpha value is -2.69. The quantitative estimate of drug-likeness (QED) is 0.630. The van der Waals surface area contributed by atoms with Crippen LogP contribution in [0.3, 0.4) is 0 Å². The van der Waals surface area contributed by atoms with Gasteiger partial charge in [-0.2, -0.15) is 4.99 Å². The highest BCUT2D eigenvalue weighted by atomic mass is 32.2. The second-order valence-electron chi connectivity index (χ2n) is 6.64. The van der Waals surface area contributed by atoms with Gasteiger partial charge < -0.3 is 14.0 Å². The van der Waals surface area contributed by atoms with Crippen molar-refractivity contribution in [3.63, 3.8) is 0 Å². The molecule has 0 spiro atoms. The molecule has 152 valence electrons. The Morgan fingerprint density at radius 3 is 2.34 bits per heavy atom. The molecule has 0 saturated carbocycles. The fourth-order valence-electron chi connectivity index (χ4n) is 2.90. The smallest absolute Gasteiger partial charge is 0.279 e. The van der Waals surface area contributed by atoms with Crippen molar-refractivity contribution in [1.29, 1.82) is 0 Å². The number of amides is 1. The largest absolute Gasteiger partial charge is 0.486 e. The summed E-state index contributed by atoms with van der Waals surface area (Å²) < 4.78 is 39.4. The van der Waals surface area contributed by atoms with Gasteiger partial charge in [-0.25, -0.2) is 12.7 Å². The average molecular weight is 434 g/mol. The third kappa shape index (κ3) is 3.54. The predicted octanol–water partition coefficient (Wildman–Crippen LogP) is 2.00. The summed E-state index contributed by atoms with van der Waals surface area (Å²) in [5.74, 6) is 0.909. The van der Waals surface area contributed by atoms with Crippen molar-refractivity contribution in [1.82, 2.24) is 8.87 Å². The van der Waals surface area contributed by atoms with Gasteiger partial charge in [0.1, 0.15) is 13.2 Å². The van der Waals surface area contributed by atoms with Crippen LogP contribution in [-0.4, -0.2) is 50.5 Å². The molecule has 1 amide bonds. The Bertz CT molecular complexity index is 1270. The highest BCUT2D eigenvalue weighted by Crippen LogP contribution is 2.35. The van der Waals surface area contributed by atoms with E-state index in [-0.39, 0.29) is 4.90 Å². The average Bonchev–Trinajstić information content (AvgIpc) is 3.00. The van der Waals surface area contributed by atoms with Gasteiger partial charge in [-0.3, -0.25) is 4.79 Å². The van der Waals surface area contributed by atoms with Crippen LogP contribution in [0.25, 0.3) is 10.2 Å². The van der Waals surface area contributed by atoms with E-state index < -0.39 is 15.9 Å². The number of sulfonamides is 1. The lowest BCUT2D eigenvalue weighted by molar-refractivity contribution is 0.0998. The number of benzene rings is 2. The third-order valence-corrected chi connectivity index (χ3v) is 7.47. The molecule has 0 unspecified atom stereocenters. The minimum Gasteiger partial charge on any atom is -0.486 e. The van der Waals surface area contributed by atoms with E-state index in [0.29, 0.717) is 35.1 Å². The van der Waals surface area contributed by atoms with Crippen molar-refractivity contribution >= 4 is 37.5 Å². The normalized spacial score (nSPS) is 14.6. The van der Waals surface area contributed by atoms with Crippen molar-refractivity contribution in [2.75, 3.05) is 27.3 Å². The van der Waals surface area contributed by atoms with E-state index in [0.717, 1.165) is 14.5 Å². The molecule has 2 aromatic carbocycles. The Kier molecular flexibility index (Phi) is 4.93. The van der Waals surface area contributed by atoms with Crippen LogP contribution in [0.4, 0.5) is 0 Å². The first-order valence-electron chi connectivity index (χ1n) is 8.78. The molecular formula is C19H19N3O5S2. The molecule has 1 aliphatic rings. The van der Waals surface area contributed by atoms with Crippen LogP contribution in [-0.2, 0) is 17.1 Å². The second kappa shape index (κ2) is 7.29. The molecule has 29 heavy (non-hydrogen) atoms. The lowest BCUT2D eigenvalue weighted by Gasteiger charge is -2.18. The monoisotopic (exact) mass is 433 g/mol. The summed E-state index contributed by atoms with van der Waals surface area (Å²) in [6.45, 7) is 1.01. The van der Waals surface area contributed by atoms with Gasteiger partial charge >= 0.3 is 0 Å². The summed E-state index contributed by atoms with van der Waals surface area (Å²) in [7, 11) is 1.20. The number of fused-ring (bicyclic) bond motifs is 2. The molecule has 10 heteroatoms. The molecule has 1 aromatic heterocycles. The van der Waals surface area contributed by atoms with Crippen LogP contribution < -0.4 is 14.3 Å². The van der Waals surface area contributed by atoms with E-state index in [4.69, 9.17) is 9.47 Å². The molecule has 0 fully saturated rings. The highest BCUT2D eigenvalue weighted by molar-refractivity contribution is 7.89. The first kappa shape index (κ1) is 19.6. The fourth-order valence-corrected chi connectivity index (χ4v) is 4.83. The maximum atomic E-state index is 12.6. The Labute approximate surface area is 171 Å². The zero-order valence-electron chi connectivity index (χ0n) is 16.1. The molecule has 2 heterocycles. The van der Waals surface area contributed by atoms with Gasteiger partial charge in [-0.15, -0.1) is 0 Å². The molecular weight excluding hydrogens is 414 g/mol. The van der Waals surface area contributed by atoms with E-state index in [1.54, 1.807) is 0 Å². The van der Waals surface area contributed by atoms with Crippen molar-refractivity contribution in [3.8, 4) is 11.5 Å². The van der Waals surface area contributed by atoms with Crippen LogP contribution in [0.5, 0.6) is 11.5 Å². The number of thiazole rings is 1. The zero-order valence-corrected chi connectivity index (χ0v) is 17.7. The Balaban J connectivity index is 1.70. The minimum atomic E-state index is -3.54. The van der Waals surface area contributed by atoms with Crippen molar-refractivity contribution in [2.24, 2.45) is 12.0 Å². The van der Waals surface area contributed by atoms with E-state index in [1.807, 2.05) is 23.7 Å². The molecule has 0 N–H and O–H groups in total. The number of ether oxygens (including phenoxy) is 2. The molecule has 0 bridgehead atoms. The highest BCUT2D eigenvalue weighted by Gasteiger charge is 2.18. The molecule has 8 nitrogen and oxygen atoms in total. The molecule has 1 aliphatic heterocycles. The zero-order chi connectivity index (χ0) is 20.8. The van der Waals surface area contributed by atoms with E-state index >= 15 is 0 Å². The fraction of sp³-hybridized carbons (Fsp3) is 0.263. The van der Waals surface area contributed by atoms with Gasteiger partial charge in [-0.1, -0.05) is 11.3 Å². The summed E-state index contributed by atoms with van der Waals surface area (Å²) in [5.41, 5.74) is 1.20. The number of aromatic nitrogens is 1. The molecule has 0 atom stereocenters. The molecule has 0 radical (unpaired) electrons. The summed E-state index contributed by atoms with van der Waals surface area (Å²) in [6, 6.07) is 9.52. The van der Waals surface area contributed by atoms with Gasteiger partial charge in [0.2, 0.25) is 10.0 Å². The van der Waals surface area contributed by atoms with Crippen LogP contribution in [0.2, 0.25) is 0 Å². The number of carbonyl (C=O) groups excluding carboxylic acids is 1. The van der Waals surface area contributed by atoms with Gasteiger partial charge in [0.25, 0.3) is 5.91 Å². The number of hydrogen-bond acceptors (Lipinski definition) is 6. The van der Waals surface area contributed by atoms with Gasteiger partial charge in [0.05, 0.1) is 15.1 Å². The maximum absolute atomic E-state index is 12.6. The van der Waals surface area contributed by atoms with Gasteiger partial charge in [0.15, 0.2) is 16.3 Å². The molecule has 0 saturated heterocycles. The van der Waals surface area contributed by atoms with Crippen LogP contribution >= 0.6 is 11.3 Å². The summed E-state index contributed by atoms with van der Waals surface area (Å²) in [6.07, 6.45) is 0. The summed E-state index contributed by atoms with van der Waals surface area (Å²) in [5, 5.41) is 0. The number of carbonyl (C=O) groups is 1. The number of nitrogens with zero attached hydrogens (tertiary/aromatic N) is 3. The molecule has 3 aromatic rings. The summed E-state index contributed by atoms with van der Waals surface area (Å²) in [4.78, 5) is 17.5. The predicted molar refractivity (Wildman–Crippen MR) is 109 cm³/mol. The number of aryl methyl sites for hydroxylation is 1. The van der Waals surface area contributed by atoms with Gasteiger partial charge in [-0.05, 0) is 24.3 Å². The lowest BCUT2D eigenvalue weighted by Crippen LogP contribution is -2.22. The molecule has 0 aliphatic carbocycles. The SMILES string of the molecule is CN(C)S(=O)(=O)c1ccc(C(=O)N=c2sc3cc4c(cc3n2C)OCCO4)cc1. The first-order valence-corrected chi connectivity index (χ1v) is 11.0. The van der Waals surface area contributed by atoms with Crippen LogP contribution in [0, 0.1) is 0 Å². The van der Waals surface area contributed by atoms with Crippen molar-refractivity contribution in [2.45, 2.75) is 4.90 Å². The van der Waals surface area contributed by atoms with Gasteiger partial charge in [0, 0.05) is 38.8 Å². The maximum Gasteiger partial charge on any atom is 0.279 e. The minimum absolute atomic E-state index is 0.122.